The molecular weight excluding hydrogens is 258 g/mol. The topological polar surface area (TPSA) is 49.7 Å². The number of carboxylic acids is 1. The van der Waals surface area contributed by atoms with Crippen LogP contribution in [0.3, 0.4) is 0 Å². The molecule has 4 heteroatoms. The first-order valence-electron chi connectivity index (χ1n) is 4.26. The fraction of sp³-hybridized carbons (Fsp3) is 0.0909. The Morgan fingerprint density at radius 2 is 2.27 bits per heavy atom. The zero-order valence-corrected chi connectivity index (χ0v) is 9.78. The number of nitrogens with zero attached hydrogens (tertiary/aromatic N) is 1. The fourth-order valence-corrected chi connectivity index (χ4v) is 1.62. The summed E-state index contributed by atoms with van der Waals surface area (Å²) in [5.74, 6) is -0.972. The maximum absolute atomic E-state index is 11.0. The van der Waals surface area contributed by atoms with Gasteiger partial charge in [-0.05, 0) is 31.8 Å². The van der Waals surface area contributed by atoms with Crippen LogP contribution in [0, 0.1) is 0 Å². The third-order valence-electron chi connectivity index (χ3n) is 1.94. The van der Waals surface area contributed by atoms with Crippen molar-refractivity contribution in [3.63, 3.8) is 0 Å². The summed E-state index contributed by atoms with van der Waals surface area (Å²) in [7, 11) is 0. The first kappa shape index (κ1) is 11.7. The molecule has 0 bridgehead atoms. The number of aliphatic imine (C=N–C) groups is 1. The van der Waals surface area contributed by atoms with Crippen molar-refractivity contribution in [1.29, 1.82) is 0 Å². The molecular formula is C11H10BrNO2. The van der Waals surface area contributed by atoms with E-state index in [4.69, 9.17) is 5.11 Å². The molecule has 1 rings (SSSR count). The van der Waals surface area contributed by atoms with Crippen molar-refractivity contribution in [1.82, 2.24) is 0 Å². The van der Waals surface area contributed by atoms with Crippen LogP contribution in [-0.4, -0.2) is 17.8 Å². The van der Waals surface area contributed by atoms with Crippen LogP contribution in [0.4, 0.5) is 5.69 Å². The second-order valence-corrected chi connectivity index (χ2v) is 3.74. The molecule has 0 aromatic heterocycles. The van der Waals surface area contributed by atoms with Gasteiger partial charge < -0.3 is 5.11 Å². The Hall–Kier alpha value is -1.42. The minimum atomic E-state index is -0.972. The molecule has 0 radical (unpaired) electrons. The van der Waals surface area contributed by atoms with Gasteiger partial charge in [0, 0.05) is 10.0 Å². The molecule has 3 nitrogen and oxygen atoms in total. The summed E-state index contributed by atoms with van der Waals surface area (Å²) >= 11 is 3.29. The monoisotopic (exact) mass is 267 g/mol. The normalized spacial score (nSPS) is 11.2. The molecule has 0 atom stereocenters. The minimum absolute atomic E-state index is 0.221. The Kier molecular flexibility index (Phi) is 3.80. The van der Waals surface area contributed by atoms with Gasteiger partial charge in [0.2, 0.25) is 0 Å². The number of halogens is 1. The molecule has 0 aliphatic rings. The molecule has 0 aliphatic heterocycles. The van der Waals surface area contributed by atoms with E-state index in [1.807, 2.05) is 0 Å². The van der Waals surface area contributed by atoms with E-state index in [2.05, 4.69) is 27.6 Å². The Labute approximate surface area is 96.3 Å². The lowest BCUT2D eigenvalue weighted by atomic mass is 10.0. The van der Waals surface area contributed by atoms with Crippen LogP contribution in [0.25, 0.3) is 5.57 Å². The number of rotatable bonds is 3. The Balaban J connectivity index is 3.39. The summed E-state index contributed by atoms with van der Waals surface area (Å²) in [4.78, 5) is 14.8. The number of hydrogen-bond donors (Lipinski definition) is 1. The van der Waals surface area contributed by atoms with Gasteiger partial charge in [-0.2, -0.15) is 0 Å². The third kappa shape index (κ3) is 2.53. The van der Waals surface area contributed by atoms with Crippen molar-refractivity contribution < 1.29 is 9.90 Å². The van der Waals surface area contributed by atoms with E-state index in [0.717, 1.165) is 4.47 Å². The van der Waals surface area contributed by atoms with Crippen molar-refractivity contribution in [3.8, 4) is 0 Å². The van der Waals surface area contributed by atoms with Crippen LogP contribution in [0.15, 0.2) is 33.7 Å². The molecule has 1 N–H and O–H groups in total. The summed E-state index contributed by atoms with van der Waals surface area (Å²) in [6, 6.07) is 5.23. The number of hydrogen-bond acceptors (Lipinski definition) is 2. The maximum atomic E-state index is 11.0. The first-order chi connectivity index (χ1) is 7.10. The Morgan fingerprint density at radius 1 is 1.60 bits per heavy atom. The zero-order valence-electron chi connectivity index (χ0n) is 8.20. The summed E-state index contributed by atoms with van der Waals surface area (Å²) in [6.45, 7) is 5.09. The SMILES string of the molecule is C=Nc1ccc(Br)cc1/C(=C\C)C(=O)O. The average molecular weight is 268 g/mol. The lowest BCUT2D eigenvalue weighted by Gasteiger charge is -2.06. The van der Waals surface area contributed by atoms with E-state index in [1.54, 1.807) is 31.2 Å². The van der Waals surface area contributed by atoms with Crippen LogP contribution < -0.4 is 0 Å². The Morgan fingerprint density at radius 3 is 2.73 bits per heavy atom. The molecule has 0 heterocycles. The van der Waals surface area contributed by atoms with Gasteiger partial charge in [-0.15, -0.1) is 0 Å². The van der Waals surface area contributed by atoms with E-state index in [0.29, 0.717) is 11.3 Å². The van der Waals surface area contributed by atoms with Gasteiger partial charge in [-0.25, -0.2) is 4.79 Å². The van der Waals surface area contributed by atoms with Crippen molar-refractivity contribution in [2.45, 2.75) is 6.92 Å². The first-order valence-corrected chi connectivity index (χ1v) is 5.05. The van der Waals surface area contributed by atoms with Crippen LogP contribution >= 0.6 is 15.9 Å². The maximum Gasteiger partial charge on any atom is 0.336 e. The number of carboxylic acid groups (broad SMARTS) is 1. The lowest BCUT2D eigenvalue weighted by molar-refractivity contribution is -0.130. The molecule has 0 saturated heterocycles. The van der Waals surface area contributed by atoms with E-state index >= 15 is 0 Å². The predicted octanol–water partition coefficient (Wildman–Crippen LogP) is 3.27. The van der Waals surface area contributed by atoms with Crippen LogP contribution in [-0.2, 0) is 4.79 Å². The van der Waals surface area contributed by atoms with Gasteiger partial charge in [0.15, 0.2) is 0 Å². The van der Waals surface area contributed by atoms with Crippen molar-refractivity contribution in [2.24, 2.45) is 4.99 Å². The van der Waals surface area contributed by atoms with Crippen molar-refractivity contribution in [2.75, 3.05) is 0 Å². The average Bonchev–Trinajstić information content (AvgIpc) is 2.18. The number of allylic oxidation sites excluding steroid dienone is 1. The standard InChI is InChI=1S/C11H10BrNO2/c1-3-8(11(14)15)9-6-7(12)4-5-10(9)13-2/h3-6H,2H2,1H3,(H,14,15)/b8-3+. The summed E-state index contributed by atoms with van der Waals surface area (Å²) in [6.07, 6.45) is 1.54. The third-order valence-corrected chi connectivity index (χ3v) is 2.43. The van der Waals surface area contributed by atoms with E-state index < -0.39 is 5.97 Å². The van der Waals surface area contributed by atoms with Crippen LogP contribution in [0.2, 0.25) is 0 Å². The fourth-order valence-electron chi connectivity index (χ4n) is 1.26. The molecule has 1 aromatic carbocycles. The van der Waals surface area contributed by atoms with Crippen molar-refractivity contribution >= 4 is 39.9 Å². The highest BCUT2D eigenvalue weighted by atomic mass is 79.9. The molecule has 78 valence electrons. The molecule has 0 amide bonds. The van der Waals surface area contributed by atoms with Gasteiger partial charge in [-0.3, -0.25) is 4.99 Å². The quantitative estimate of drug-likeness (QED) is 0.675. The van der Waals surface area contributed by atoms with Gasteiger partial charge >= 0.3 is 5.97 Å². The van der Waals surface area contributed by atoms with Gasteiger partial charge in [0.25, 0.3) is 0 Å². The van der Waals surface area contributed by atoms with Gasteiger partial charge in [0.1, 0.15) is 0 Å². The van der Waals surface area contributed by atoms with E-state index in [9.17, 15) is 4.79 Å². The number of benzene rings is 1. The van der Waals surface area contributed by atoms with Crippen LogP contribution in [0.1, 0.15) is 12.5 Å². The molecule has 0 fully saturated rings. The lowest BCUT2D eigenvalue weighted by Crippen LogP contribution is -1.99. The molecule has 0 unspecified atom stereocenters. The van der Waals surface area contributed by atoms with Gasteiger partial charge in [0.05, 0.1) is 11.3 Å². The predicted molar refractivity (Wildman–Crippen MR) is 64.6 cm³/mol. The van der Waals surface area contributed by atoms with Crippen molar-refractivity contribution in [3.05, 3.63) is 34.3 Å². The number of carbonyl (C=O) groups is 1. The summed E-state index contributed by atoms with van der Waals surface area (Å²) < 4.78 is 0.811. The van der Waals surface area contributed by atoms with E-state index in [-0.39, 0.29) is 5.57 Å². The molecule has 0 aliphatic carbocycles. The smallest absolute Gasteiger partial charge is 0.336 e. The minimum Gasteiger partial charge on any atom is -0.478 e. The second-order valence-electron chi connectivity index (χ2n) is 2.83. The summed E-state index contributed by atoms with van der Waals surface area (Å²) in [5, 5.41) is 8.99. The van der Waals surface area contributed by atoms with Gasteiger partial charge in [-0.1, -0.05) is 22.0 Å². The Bertz CT molecular complexity index is 438. The highest BCUT2D eigenvalue weighted by Crippen LogP contribution is 2.29. The molecule has 1 aromatic rings. The zero-order chi connectivity index (χ0) is 11.4. The molecule has 0 saturated carbocycles. The second kappa shape index (κ2) is 4.89. The highest BCUT2D eigenvalue weighted by molar-refractivity contribution is 9.10. The summed E-state index contributed by atoms with van der Waals surface area (Å²) in [5.41, 5.74) is 1.35. The van der Waals surface area contributed by atoms with E-state index in [1.165, 1.54) is 0 Å². The largest absolute Gasteiger partial charge is 0.478 e. The highest BCUT2D eigenvalue weighted by Gasteiger charge is 2.13. The van der Waals surface area contributed by atoms with Crippen LogP contribution in [0.5, 0.6) is 0 Å². The molecule has 0 spiro atoms. The number of aliphatic carboxylic acids is 1. The molecule has 15 heavy (non-hydrogen) atoms.